The van der Waals surface area contributed by atoms with Crippen LogP contribution in [-0.4, -0.2) is 24.9 Å². The van der Waals surface area contributed by atoms with Crippen LogP contribution in [-0.2, 0) is 4.79 Å². The summed E-state index contributed by atoms with van der Waals surface area (Å²) in [6, 6.07) is 15.6. The molecule has 0 bridgehead atoms. The Morgan fingerprint density at radius 1 is 1.10 bits per heavy atom. The SMILES string of the molecule is O=C(CSc1ccc2c(c1)OCCCO2)NC(c1ccc(F)cc1)c1cccs1. The van der Waals surface area contributed by atoms with E-state index in [9.17, 15) is 9.18 Å². The largest absolute Gasteiger partial charge is 0.490 e. The minimum atomic E-state index is -0.299. The molecule has 4 rings (SSSR count). The lowest BCUT2D eigenvalue weighted by Gasteiger charge is -2.18. The third kappa shape index (κ3) is 5.10. The van der Waals surface area contributed by atoms with Crippen molar-refractivity contribution in [1.29, 1.82) is 0 Å². The van der Waals surface area contributed by atoms with Gasteiger partial charge in [0.1, 0.15) is 5.82 Å². The second-order valence-corrected chi connectivity index (χ2v) is 8.54. The van der Waals surface area contributed by atoms with Crippen LogP contribution >= 0.6 is 23.1 Å². The minimum absolute atomic E-state index is 0.0927. The Labute approximate surface area is 177 Å². The molecular weight excluding hydrogens is 409 g/mol. The molecule has 150 valence electrons. The third-order valence-electron chi connectivity index (χ3n) is 4.43. The smallest absolute Gasteiger partial charge is 0.231 e. The maximum Gasteiger partial charge on any atom is 0.231 e. The first-order chi connectivity index (χ1) is 14.2. The molecule has 0 aliphatic carbocycles. The number of benzene rings is 2. The summed E-state index contributed by atoms with van der Waals surface area (Å²) in [4.78, 5) is 14.6. The number of rotatable bonds is 6. The van der Waals surface area contributed by atoms with E-state index >= 15 is 0 Å². The molecule has 1 aliphatic heterocycles. The number of carbonyl (C=O) groups excluding carboxylic acids is 1. The van der Waals surface area contributed by atoms with Crippen LogP contribution in [0.1, 0.15) is 22.9 Å². The topological polar surface area (TPSA) is 47.6 Å². The fraction of sp³-hybridized carbons (Fsp3) is 0.227. The van der Waals surface area contributed by atoms with Gasteiger partial charge in [0.2, 0.25) is 5.91 Å². The molecule has 0 spiro atoms. The Balaban J connectivity index is 1.42. The molecule has 29 heavy (non-hydrogen) atoms. The van der Waals surface area contributed by atoms with Gasteiger partial charge in [0, 0.05) is 16.2 Å². The quantitative estimate of drug-likeness (QED) is 0.558. The number of halogens is 1. The van der Waals surface area contributed by atoms with Gasteiger partial charge in [0.25, 0.3) is 0 Å². The van der Waals surface area contributed by atoms with Crippen molar-refractivity contribution < 1.29 is 18.7 Å². The van der Waals surface area contributed by atoms with Gasteiger partial charge in [-0.15, -0.1) is 23.1 Å². The lowest BCUT2D eigenvalue weighted by atomic mass is 10.1. The highest BCUT2D eigenvalue weighted by atomic mass is 32.2. The Hall–Kier alpha value is -2.51. The van der Waals surface area contributed by atoms with Gasteiger partial charge in [-0.05, 0) is 47.3 Å². The van der Waals surface area contributed by atoms with E-state index in [1.807, 2.05) is 35.7 Å². The van der Waals surface area contributed by atoms with Gasteiger partial charge in [-0.2, -0.15) is 0 Å². The zero-order valence-corrected chi connectivity index (χ0v) is 17.2. The summed E-state index contributed by atoms with van der Waals surface area (Å²) >= 11 is 3.00. The second-order valence-electron chi connectivity index (χ2n) is 6.52. The number of nitrogens with one attached hydrogen (secondary N) is 1. The molecule has 4 nitrogen and oxygen atoms in total. The average molecular weight is 430 g/mol. The number of amides is 1. The first-order valence-electron chi connectivity index (χ1n) is 9.30. The van der Waals surface area contributed by atoms with Gasteiger partial charge < -0.3 is 14.8 Å². The van der Waals surface area contributed by atoms with Crippen molar-refractivity contribution in [2.75, 3.05) is 19.0 Å². The molecule has 0 saturated carbocycles. The molecule has 1 unspecified atom stereocenters. The minimum Gasteiger partial charge on any atom is -0.490 e. The van der Waals surface area contributed by atoms with Crippen molar-refractivity contribution in [3.05, 3.63) is 76.2 Å². The van der Waals surface area contributed by atoms with Crippen molar-refractivity contribution in [1.82, 2.24) is 5.32 Å². The third-order valence-corrected chi connectivity index (χ3v) is 6.36. The zero-order chi connectivity index (χ0) is 20.1. The van der Waals surface area contributed by atoms with E-state index in [0.717, 1.165) is 33.3 Å². The Morgan fingerprint density at radius 3 is 2.66 bits per heavy atom. The van der Waals surface area contributed by atoms with Gasteiger partial charge in [0.05, 0.1) is 25.0 Å². The summed E-state index contributed by atoms with van der Waals surface area (Å²) in [6.07, 6.45) is 0.854. The Morgan fingerprint density at radius 2 is 1.90 bits per heavy atom. The van der Waals surface area contributed by atoms with Gasteiger partial charge in [-0.3, -0.25) is 4.79 Å². The maximum absolute atomic E-state index is 13.3. The maximum atomic E-state index is 13.3. The Bertz CT molecular complexity index is 961. The van der Waals surface area contributed by atoms with Crippen LogP contribution in [0.2, 0.25) is 0 Å². The van der Waals surface area contributed by atoms with E-state index in [1.54, 1.807) is 23.5 Å². The number of thiophene rings is 1. The summed E-state index contributed by atoms with van der Waals surface area (Å²) in [5.74, 6) is 1.34. The molecule has 2 aromatic carbocycles. The average Bonchev–Trinajstić information content (AvgIpc) is 3.16. The van der Waals surface area contributed by atoms with Crippen LogP contribution in [0.3, 0.4) is 0 Å². The molecule has 3 aromatic rings. The number of fused-ring (bicyclic) bond motifs is 1. The molecule has 0 radical (unpaired) electrons. The van der Waals surface area contributed by atoms with Crippen molar-refractivity contribution in [3.63, 3.8) is 0 Å². The van der Waals surface area contributed by atoms with Crippen LogP contribution in [0.15, 0.2) is 64.9 Å². The fourth-order valence-electron chi connectivity index (χ4n) is 3.01. The zero-order valence-electron chi connectivity index (χ0n) is 15.6. The molecule has 0 saturated heterocycles. The van der Waals surface area contributed by atoms with Gasteiger partial charge in [-0.25, -0.2) is 4.39 Å². The highest BCUT2D eigenvalue weighted by Gasteiger charge is 2.18. The van der Waals surface area contributed by atoms with Crippen LogP contribution in [0.4, 0.5) is 4.39 Å². The summed E-state index contributed by atoms with van der Waals surface area (Å²) < 4.78 is 24.7. The van der Waals surface area contributed by atoms with E-state index < -0.39 is 0 Å². The molecule has 1 amide bonds. The van der Waals surface area contributed by atoms with Gasteiger partial charge in [0.15, 0.2) is 11.5 Å². The summed E-state index contributed by atoms with van der Waals surface area (Å²) in [6.45, 7) is 1.27. The predicted octanol–water partition coefficient (Wildman–Crippen LogP) is 5.05. The lowest BCUT2D eigenvalue weighted by molar-refractivity contribution is -0.119. The van der Waals surface area contributed by atoms with Crippen LogP contribution in [0.25, 0.3) is 0 Å². The monoisotopic (exact) mass is 429 g/mol. The van der Waals surface area contributed by atoms with Crippen LogP contribution < -0.4 is 14.8 Å². The second kappa shape index (κ2) is 9.33. The number of thioether (sulfide) groups is 1. The van der Waals surface area contributed by atoms with Crippen molar-refractivity contribution in [3.8, 4) is 11.5 Å². The van der Waals surface area contributed by atoms with Crippen LogP contribution in [0.5, 0.6) is 11.5 Å². The molecule has 7 heteroatoms. The van der Waals surface area contributed by atoms with E-state index in [1.165, 1.54) is 23.9 Å². The number of hydrogen-bond donors (Lipinski definition) is 1. The molecule has 0 fully saturated rings. The summed E-state index contributed by atoms with van der Waals surface area (Å²) in [5, 5.41) is 5.03. The van der Waals surface area contributed by atoms with E-state index in [0.29, 0.717) is 13.2 Å². The molecular formula is C22H20FNO3S2. The van der Waals surface area contributed by atoms with Crippen molar-refractivity contribution in [2.24, 2.45) is 0 Å². The highest BCUT2D eigenvalue weighted by molar-refractivity contribution is 8.00. The number of ether oxygens (including phenoxy) is 2. The lowest BCUT2D eigenvalue weighted by Crippen LogP contribution is -2.30. The fourth-order valence-corrected chi connectivity index (χ4v) is 4.55. The molecule has 1 aliphatic rings. The first-order valence-corrected chi connectivity index (χ1v) is 11.2. The normalized spacial score (nSPS) is 14.1. The van der Waals surface area contributed by atoms with Crippen LogP contribution in [0, 0.1) is 5.82 Å². The highest BCUT2D eigenvalue weighted by Crippen LogP contribution is 2.34. The summed E-state index contributed by atoms with van der Waals surface area (Å²) in [7, 11) is 0. The van der Waals surface area contributed by atoms with Crippen molar-refractivity contribution >= 4 is 29.0 Å². The number of carbonyl (C=O) groups is 1. The molecule has 1 aromatic heterocycles. The van der Waals surface area contributed by atoms with E-state index in [2.05, 4.69) is 5.32 Å². The molecule has 2 heterocycles. The predicted molar refractivity (Wildman–Crippen MR) is 113 cm³/mol. The molecule has 1 N–H and O–H groups in total. The standard InChI is InChI=1S/C22H20FNO3S2/c23-16-6-4-15(5-7-16)22(20-3-1-12-28-20)24-21(25)14-29-17-8-9-18-19(13-17)27-11-2-10-26-18/h1,3-9,12-13,22H,2,10-11,14H2,(H,24,25). The number of hydrogen-bond acceptors (Lipinski definition) is 5. The van der Waals surface area contributed by atoms with Gasteiger partial charge >= 0.3 is 0 Å². The van der Waals surface area contributed by atoms with E-state index in [-0.39, 0.29) is 23.5 Å². The summed E-state index contributed by atoms with van der Waals surface area (Å²) in [5.41, 5.74) is 0.850. The van der Waals surface area contributed by atoms with E-state index in [4.69, 9.17) is 9.47 Å². The Kier molecular flexibility index (Phi) is 6.36. The molecule has 1 atom stereocenters. The van der Waals surface area contributed by atoms with Crippen molar-refractivity contribution in [2.45, 2.75) is 17.4 Å². The first kappa shape index (κ1) is 19.8. The van der Waals surface area contributed by atoms with Gasteiger partial charge in [-0.1, -0.05) is 18.2 Å².